The molecule has 0 bridgehead atoms. The largest absolute Gasteiger partial charge is 0.416 e. The van der Waals surface area contributed by atoms with Gasteiger partial charge in [0.2, 0.25) is 11.8 Å². The van der Waals surface area contributed by atoms with Gasteiger partial charge in [0.15, 0.2) is 5.78 Å². The maximum absolute atomic E-state index is 13.0. The Morgan fingerprint density at radius 2 is 1.73 bits per heavy atom. The topological polar surface area (TPSA) is 87.2 Å². The van der Waals surface area contributed by atoms with E-state index in [0.717, 1.165) is 5.56 Å². The van der Waals surface area contributed by atoms with Gasteiger partial charge >= 0.3 is 6.09 Å². The molecule has 8 heteroatoms. The third kappa shape index (κ3) is 4.74. The van der Waals surface area contributed by atoms with Crippen molar-refractivity contribution in [3.8, 4) is 5.75 Å². The minimum atomic E-state index is -0.655. The molecule has 3 amide bonds. The van der Waals surface area contributed by atoms with Crippen molar-refractivity contribution in [1.29, 1.82) is 0 Å². The molecular formula is C25H27N3O5. The lowest BCUT2D eigenvalue weighted by molar-refractivity contribution is -0.166. The first-order valence-electron chi connectivity index (χ1n) is 11.1. The lowest BCUT2D eigenvalue weighted by Gasteiger charge is -2.51. The third-order valence-corrected chi connectivity index (χ3v) is 6.22. The van der Waals surface area contributed by atoms with Crippen LogP contribution in [0.2, 0.25) is 0 Å². The van der Waals surface area contributed by atoms with E-state index in [1.165, 1.54) is 16.7 Å². The number of carbonyl (C=O) groups excluding carboxylic acids is 4. The Kier molecular flexibility index (Phi) is 6.44. The summed E-state index contributed by atoms with van der Waals surface area (Å²) in [5, 5.41) is 0. The number of hydrogen-bond acceptors (Lipinski definition) is 5. The fourth-order valence-corrected chi connectivity index (χ4v) is 4.38. The molecule has 0 aliphatic carbocycles. The molecule has 0 aromatic heterocycles. The first-order valence-corrected chi connectivity index (χ1v) is 11.1. The van der Waals surface area contributed by atoms with Crippen LogP contribution in [0.4, 0.5) is 4.79 Å². The molecular weight excluding hydrogens is 422 g/mol. The number of fused-ring (bicyclic) bond motifs is 1. The van der Waals surface area contributed by atoms with Crippen LogP contribution < -0.4 is 4.74 Å². The first kappa shape index (κ1) is 22.5. The Hall–Kier alpha value is -3.68. The van der Waals surface area contributed by atoms with Crippen LogP contribution in [0, 0.1) is 0 Å². The van der Waals surface area contributed by atoms with E-state index in [0.29, 0.717) is 24.3 Å². The summed E-state index contributed by atoms with van der Waals surface area (Å²) >= 11 is 0. The van der Waals surface area contributed by atoms with E-state index in [1.54, 1.807) is 36.1 Å². The zero-order chi connectivity index (χ0) is 23.5. The second-order valence-corrected chi connectivity index (χ2v) is 8.37. The van der Waals surface area contributed by atoms with Crippen molar-refractivity contribution in [3.63, 3.8) is 0 Å². The van der Waals surface area contributed by atoms with Gasteiger partial charge in [-0.2, -0.15) is 0 Å². The second-order valence-electron chi connectivity index (χ2n) is 8.37. The average Bonchev–Trinajstić information content (AvgIpc) is 2.81. The molecule has 2 saturated heterocycles. The number of Topliss-reactive ketones (excluding diaryl/α,β-unsaturated/α-hetero) is 1. The zero-order valence-electron chi connectivity index (χ0n) is 18.8. The van der Waals surface area contributed by atoms with Crippen LogP contribution in [0.15, 0.2) is 54.6 Å². The van der Waals surface area contributed by atoms with Crippen LogP contribution in [0.25, 0.3) is 0 Å². The lowest BCUT2D eigenvalue weighted by Crippen LogP contribution is -2.71. The molecule has 2 aliphatic rings. The summed E-state index contributed by atoms with van der Waals surface area (Å²) in [6.07, 6.45) is -0.347. The van der Waals surface area contributed by atoms with Crippen molar-refractivity contribution in [3.05, 3.63) is 65.7 Å². The third-order valence-electron chi connectivity index (χ3n) is 6.22. The van der Waals surface area contributed by atoms with Crippen molar-refractivity contribution in [2.75, 3.05) is 19.6 Å². The molecule has 0 radical (unpaired) electrons. The number of piperazine rings is 1. The fourth-order valence-electron chi connectivity index (χ4n) is 4.38. The number of ether oxygens (including phenoxy) is 1. The first-order chi connectivity index (χ1) is 15.8. The minimum absolute atomic E-state index is 0.0745. The minimum Gasteiger partial charge on any atom is -0.410 e. The van der Waals surface area contributed by atoms with Gasteiger partial charge in [0.1, 0.15) is 18.0 Å². The number of benzene rings is 2. The molecule has 2 atom stereocenters. The molecule has 2 aromatic carbocycles. The van der Waals surface area contributed by atoms with Gasteiger partial charge in [-0.05, 0) is 50.1 Å². The summed E-state index contributed by atoms with van der Waals surface area (Å²) in [4.78, 5) is 54.8. The predicted octanol–water partition coefficient (Wildman–Crippen LogP) is 2.72. The Morgan fingerprint density at radius 1 is 1.03 bits per heavy atom. The van der Waals surface area contributed by atoms with Gasteiger partial charge in [-0.3, -0.25) is 19.3 Å². The smallest absolute Gasteiger partial charge is 0.410 e. The number of hydrogen-bond donors (Lipinski definition) is 0. The van der Waals surface area contributed by atoms with E-state index in [9.17, 15) is 19.2 Å². The standard InChI is InChI=1S/C25H27N3O5/c1-17-24(31)26(14-12-19-6-4-3-5-7-19)16-22-27(15-13-23(30)28(17)22)25(32)33-21-10-8-20(9-11-21)18(2)29/h3-11,17,22H,12-16H2,1-2H3/t17-,22+/m0/s1. The Morgan fingerprint density at radius 3 is 2.39 bits per heavy atom. The molecule has 2 aliphatic heterocycles. The highest BCUT2D eigenvalue weighted by atomic mass is 16.6. The van der Waals surface area contributed by atoms with Crippen LogP contribution in [-0.4, -0.2) is 70.2 Å². The maximum Gasteiger partial charge on any atom is 0.416 e. The summed E-state index contributed by atoms with van der Waals surface area (Å²) in [5.74, 6) is -0.0205. The SMILES string of the molecule is CC(=O)c1ccc(OC(=O)N2CCC(=O)N3[C@@H]2CN(CCc2ccccc2)C(=O)[C@@H]3C)cc1. The molecule has 2 heterocycles. The number of nitrogens with zero attached hydrogens (tertiary/aromatic N) is 3. The molecule has 4 rings (SSSR count). The number of rotatable bonds is 5. The highest BCUT2D eigenvalue weighted by molar-refractivity contribution is 5.94. The summed E-state index contributed by atoms with van der Waals surface area (Å²) in [6.45, 7) is 4.13. The zero-order valence-corrected chi connectivity index (χ0v) is 18.8. The molecule has 0 unspecified atom stereocenters. The van der Waals surface area contributed by atoms with E-state index in [2.05, 4.69) is 0 Å². The maximum atomic E-state index is 13.0. The monoisotopic (exact) mass is 449 g/mol. The summed E-state index contributed by atoms with van der Waals surface area (Å²) in [5.41, 5.74) is 1.64. The predicted molar refractivity (Wildman–Crippen MR) is 121 cm³/mol. The number of amides is 3. The van der Waals surface area contributed by atoms with Crippen molar-refractivity contribution in [2.24, 2.45) is 0 Å². The van der Waals surface area contributed by atoms with E-state index in [-0.39, 0.29) is 37.1 Å². The van der Waals surface area contributed by atoms with E-state index in [4.69, 9.17) is 4.74 Å². The molecule has 33 heavy (non-hydrogen) atoms. The molecule has 0 saturated carbocycles. The van der Waals surface area contributed by atoms with Gasteiger partial charge in [-0.15, -0.1) is 0 Å². The van der Waals surface area contributed by atoms with Crippen LogP contribution >= 0.6 is 0 Å². The lowest BCUT2D eigenvalue weighted by atomic mass is 10.0. The molecule has 172 valence electrons. The van der Waals surface area contributed by atoms with Gasteiger partial charge in [-0.25, -0.2) is 4.79 Å². The van der Waals surface area contributed by atoms with Crippen molar-refractivity contribution in [1.82, 2.24) is 14.7 Å². The molecule has 0 N–H and O–H groups in total. The molecule has 0 spiro atoms. The fraction of sp³-hybridized carbons (Fsp3) is 0.360. The summed E-state index contributed by atoms with van der Waals surface area (Å²) in [7, 11) is 0. The molecule has 2 aromatic rings. The van der Waals surface area contributed by atoms with Crippen molar-refractivity contribution >= 4 is 23.7 Å². The van der Waals surface area contributed by atoms with Crippen molar-refractivity contribution < 1.29 is 23.9 Å². The number of ketones is 1. The highest BCUT2D eigenvalue weighted by Gasteiger charge is 2.47. The van der Waals surface area contributed by atoms with Gasteiger partial charge in [0.25, 0.3) is 0 Å². The van der Waals surface area contributed by atoms with E-state index >= 15 is 0 Å². The average molecular weight is 450 g/mol. The summed E-state index contributed by atoms with van der Waals surface area (Å²) < 4.78 is 5.53. The van der Waals surface area contributed by atoms with Gasteiger partial charge in [-0.1, -0.05) is 30.3 Å². The Labute approximate surface area is 192 Å². The summed E-state index contributed by atoms with van der Waals surface area (Å²) in [6, 6.07) is 15.6. The molecule has 2 fully saturated rings. The Balaban J connectivity index is 1.49. The van der Waals surface area contributed by atoms with Crippen LogP contribution in [0.1, 0.15) is 36.2 Å². The van der Waals surface area contributed by atoms with Gasteiger partial charge in [0, 0.05) is 25.1 Å². The normalized spacial score (nSPS) is 20.5. The van der Waals surface area contributed by atoms with Gasteiger partial charge < -0.3 is 14.5 Å². The van der Waals surface area contributed by atoms with Crippen LogP contribution in [0.5, 0.6) is 5.75 Å². The van der Waals surface area contributed by atoms with Gasteiger partial charge in [0.05, 0.1) is 6.54 Å². The van der Waals surface area contributed by atoms with Crippen LogP contribution in [-0.2, 0) is 16.0 Å². The molecule has 8 nitrogen and oxygen atoms in total. The van der Waals surface area contributed by atoms with E-state index < -0.39 is 18.3 Å². The number of carbonyl (C=O) groups is 4. The van der Waals surface area contributed by atoms with Crippen molar-refractivity contribution in [2.45, 2.75) is 38.9 Å². The highest BCUT2D eigenvalue weighted by Crippen LogP contribution is 2.27. The second kappa shape index (κ2) is 9.44. The quantitative estimate of drug-likeness (QED) is 0.655. The van der Waals surface area contributed by atoms with E-state index in [1.807, 2.05) is 30.3 Å². The Bertz CT molecular complexity index is 1050. The van der Waals surface area contributed by atoms with Crippen LogP contribution in [0.3, 0.4) is 0 Å².